The highest BCUT2D eigenvalue weighted by Crippen LogP contribution is 2.23. The van der Waals surface area contributed by atoms with E-state index in [1.807, 2.05) is 24.4 Å². The minimum atomic E-state index is -3.62. The molecule has 1 amide bonds. The van der Waals surface area contributed by atoms with Gasteiger partial charge in [0.25, 0.3) is 0 Å². The first-order valence-corrected chi connectivity index (χ1v) is 11.2. The predicted octanol–water partition coefficient (Wildman–Crippen LogP) is 1.65. The second-order valence-corrected chi connectivity index (χ2v) is 9.01. The normalized spacial score (nSPS) is 11.3. The lowest BCUT2D eigenvalue weighted by Crippen LogP contribution is -2.33. The number of thiazole rings is 1. The van der Waals surface area contributed by atoms with E-state index in [1.165, 1.54) is 11.3 Å². The van der Waals surface area contributed by atoms with Crippen LogP contribution in [0.4, 0.5) is 0 Å². The van der Waals surface area contributed by atoms with Crippen molar-refractivity contribution < 1.29 is 17.9 Å². The average molecular weight is 421 g/mol. The Morgan fingerprint density at radius 3 is 2.79 bits per heavy atom. The third kappa shape index (κ3) is 5.89. The van der Waals surface area contributed by atoms with Crippen molar-refractivity contribution in [1.29, 1.82) is 0 Å². The van der Waals surface area contributed by atoms with Crippen LogP contribution in [-0.4, -0.2) is 48.0 Å². The maximum atomic E-state index is 12.3. The number of nitrogens with one attached hydrogen (secondary N) is 1. The lowest BCUT2D eigenvalue weighted by atomic mass is 10.3. The first-order chi connectivity index (χ1) is 13.4. The summed E-state index contributed by atoms with van der Waals surface area (Å²) < 4.78 is 31.6. The van der Waals surface area contributed by atoms with Crippen LogP contribution in [0, 0.1) is 0 Å². The molecule has 0 saturated carbocycles. The summed E-state index contributed by atoms with van der Waals surface area (Å²) in [5, 5.41) is 9.01. The van der Waals surface area contributed by atoms with Crippen molar-refractivity contribution in [3.63, 3.8) is 0 Å². The Bertz CT molecular complexity index is 1030. The molecule has 0 fully saturated rings. The van der Waals surface area contributed by atoms with Crippen LogP contribution in [0.1, 0.15) is 5.69 Å². The first-order valence-electron chi connectivity index (χ1n) is 8.50. The van der Waals surface area contributed by atoms with Gasteiger partial charge in [-0.05, 0) is 12.1 Å². The summed E-state index contributed by atoms with van der Waals surface area (Å²) in [6.07, 6.45) is 3.48. The quantitative estimate of drug-likeness (QED) is 0.528. The number of para-hydroxylation sites is 1. The number of aromatic nitrogens is 3. The molecule has 0 aliphatic heterocycles. The molecular weight excluding hydrogens is 400 g/mol. The zero-order valence-electron chi connectivity index (χ0n) is 15.2. The number of amides is 1. The van der Waals surface area contributed by atoms with Gasteiger partial charge in [-0.3, -0.25) is 9.48 Å². The van der Waals surface area contributed by atoms with E-state index in [4.69, 9.17) is 4.74 Å². The van der Waals surface area contributed by atoms with Crippen LogP contribution < -0.4 is 10.1 Å². The third-order valence-electron chi connectivity index (χ3n) is 3.66. The molecule has 8 nitrogen and oxygen atoms in total. The summed E-state index contributed by atoms with van der Waals surface area (Å²) in [4.78, 5) is 16.2. The van der Waals surface area contributed by atoms with Crippen molar-refractivity contribution in [2.75, 3.05) is 18.9 Å². The lowest BCUT2D eigenvalue weighted by Gasteiger charge is -2.08. The van der Waals surface area contributed by atoms with Crippen LogP contribution in [0.5, 0.6) is 5.75 Å². The average Bonchev–Trinajstić information content (AvgIpc) is 3.27. The van der Waals surface area contributed by atoms with Gasteiger partial charge in [0.2, 0.25) is 5.91 Å². The van der Waals surface area contributed by atoms with E-state index in [9.17, 15) is 13.2 Å². The van der Waals surface area contributed by atoms with E-state index in [0.29, 0.717) is 16.5 Å². The molecule has 28 heavy (non-hydrogen) atoms. The van der Waals surface area contributed by atoms with Crippen LogP contribution in [0.25, 0.3) is 10.6 Å². The highest BCUT2D eigenvalue weighted by atomic mass is 32.2. The summed E-state index contributed by atoms with van der Waals surface area (Å²) in [6.45, 7) is 0.488. The molecule has 3 aromatic rings. The van der Waals surface area contributed by atoms with E-state index in [0.717, 1.165) is 5.56 Å². The second-order valence-electron chi connectivity index (χ2n) is 6.09. The molecule has 0 unspecified atom stereocenters. The monoisotopic (exact) mass is 420 g/mol. The Morgan fingerprint density at radius 1 is 1.29 bits per heavy atom. The number of benzene rings is 1. The Kier molecular flexibility index (Phi) is 6.42. The fourth-order valence-electron chi connectivity index (χ4n) is 2.44. The van der Waals surface area contributed by atoms with Gasteiger partial charge in [-0.25, -0.2) is 13.4 Å². The van der Waals surface area contributed by atoms with Crippen molar-refractivity contribution in [3.05, 3.63) is 53.8 Å². The van der Waals surface area contributed by atoms with E-state index < -0.39 is 21.5 Å². The minimum Gasteiger partial charge on any atom is -0.492 e. The number of carbonyl (C=O) groups is 1. The zero-order valence-corrected chi connectivity index (χ0v) is 16.9. The predicted molar refractivity (Wildman–Crippen MR) is 107 cm³/mol. The molecule has 3 rings (SSSR count). The van der Waals surface area contributed by atoms with Crippen molar-refractivity contribution in [1.82, 2.24) is 20.1 Å². The number of rotatable bonds is 9. The highest BCUT2D eigenvalue weighted by Gasteiger charge is 2.19. The Morgan fingerprint density at radius 2 is 2.07 bits per heavy atom. The molecule has 2 aromatic heterocycles. The second kappa shape index (κ2) is 8.98. The van der Waals surface area contributed by atoms with Gasteiger partial charge < -0.3 is 10.1 Å². The van der Waals surface area contributed by atoms with Gasteiger partial charge in [0, 0.05) is 24.2 Å². The SMILES string of the molecule is Cn1cc(-c2nc(CS(=O)(=O)CC(=O)NCCOc3ccccc3)cs2)cn1. The number of aryl methyl sites for hydroxylation is 1. The minimum absolute atomic E-state index is 0.227. The fourth-order valence-corrected chi connectivity index (χ4v) is 4.54. The molecule has 0 spiro atoms. The van der Waals surface area contributed by atoms with Crippen LogP contribution in [0.3, 0.4) is 0 Å². The number of hydrogen-bond acceptors (Lipinski definition) is 7. The van der Waals surface area contributed by atoms with E-state index in [2.05, 4.69) is 15.4 Å². The van der Waals surface area contributed by atoms with Gasteiger partial charge in [0.1, 0.15) is 23.1 Å². The van der Waals surface area contributed by atoms with Gasteiger partial charge >= 0.3 is 0 Å². The van der Waals surface area contributed by atoms with Gasteiger partial charge in [-0.2, -0.15) is 5.10 Å². The molecule has 0 bridgehead atoms. The van der Waals surface area contributed by atoms with Crippen molar-refractivity contribution in [2.24, 2.45) is 7.05 Å². The van der Waals surface area contributed by atoms with Crippen molar-refractivity contribution in [3.8, 4) is 16.3 Å². The van der Waals surface area contributed by atoms with Crippen LogP contribution >= 0.6 is 11.3 Å². The number of ether oxygens (including phenoxy) is 1. The molecule has 0 aliphatic carbocycles. The third-order valence-corrected chi connectivity index (χ3v) is 6.04. The summed E-state index contributed by atoms with van der Waals surface area (Å²) in [6, 6.07) is 9.18. The first kappa shape index (κ1) is 20.0. The summed E-state index contributed by atoms with van der Waals surface area (Å²) in [7, 11) is -1.82. The molecule has 10 heteroatoms. The molecule has 148 valence electrons. The Balaban J connectivity index is 1.45. The number of carbonyl (C=O) groups excluding carboxylic acids is 1. The molecular formula is C18H20N4O4S2. The van der Waals surface area contributed by atoms with E-state index in [-0.39, 0.29) is 18.9 Å². The zero-order chi connectivity index (χ0) is 20.0. The van der Waals surface area contributed by atoms with Crippen LogP contribution in [-0.2, 0) is 27.4 Å². The van der Waals surface area contributed by atoms with Crippen LogP contribution in [0.2, 0.25) is 0 Å². The van der Waals surface area contributed by atoms with Crippen molar-refractivity contribution >= 4 is 27.1 Å². The van der Waals surface area contributed by atoms with Gasteiger partial charge in [-0.1, -0.05) is 18.2 Å². The van der Waals surface area contributed by atoms with Crippen LogP contribution in [0.15, 0.2) is 48.1 Å². The fraction of sp³-hybridized carbons (Fsp3) is 0.278. The Labute approximate surface area is 167 Å². The summed E-state index contributed by atoms with van der Waals surface area (Å²) >= 11 is 1.34. The van der Waals surface area contributed by atoms with Crippen molar-refractivity contribution in [2.45, 2.75) is 5.75 Å². The molecule has 0 saturated heterocycles. The van der Waals surface area contributed by atoms with E-state index >= 15 is 0 Å². The standard InChI is InChI=1S/C18H20N4O4S2/c1-22-10-14(9-20-22)18-21-15(11-27-18)12-28(24,25)13-17(23)19-7-8-26-16-5-3-2-4-6-16/h2-6,9-11H,7-8,12-13H2,1H3,(H,19,23). The van der Waals surface area contributed by atoms with Gasteiger partial charge in [0.05, 0.1) is 24.2 Å². The topological polar surface area (TPSA) is 103 Å². The maximum absolute atomic E-state index is 12.3. The summed E-state index contributed by atoms with van der Waals surface area (Å²) in [5.74, 6) is -0.729. The van der Waals surface area contributed by atoms with E-state index in [1.54, 1.807) is 35.4 Å². The Hall–Kier alpha value is -2.72. The number of nitrogens with zero attached hydrogens (tertiary/aromatic N) is 3. The maximum Gasteiger partial charge on any atom is 0.235 e. The molecule has 0 aliphatic rings. The number of sulfone groups is 1. The smallest absolute Gasteiger partial charge is 0.235 e. The summed E-state index contributed by atoms with van der Waals surface area (Å²) in [5.41, 5.74) is 1.25. The lowest BCUT2D eigenvalue weighted by molar-refractivity contribution is -0.118. The molecule has 1 aromatic carbocycles. The van der Waals surface area contributed by atoms with Gasteiger partial charge in [0.15, 0.2) is 9.84 Å². The van der Waals surface area contributed by atoms with Gasteiger partial charge in [-0.15, -0.1) is 11.3 Å². The molecule has 2 heterocycles. The number of hydrogen-bond donors (Lipinski definition) is 1. The molecule has 0 atom stereocenters. The molecule has 1 N–H and O–H groups in total. The largest absolute Gasteiger partial charge is 0.492 e. The molecule has 0 radical (unpaired) electrons. The highest BCUT2D eigenvalue weighted by molar-refractivity contribution is 7.91.